The molecule has 1 aromatic rings. The van der Waals surface area contributed by atoms with Crippen LogP contribution in [0.25, 0.3) is 0 Å². The summed E-state index contributed by atoms with van der Waals surface area (Å²) in [6.07, 6.45) is 3.26. The molecule has 0 radical (unpaired) electrons. The van der Waals surface area contributed by atoms with Crippen molar-refractivity contribution < 1.29 is 14.6 Å². The lowest BCUT2D eigenvalue weighted by molar-refractivity contribution is -0.132. The van der Waals surface area contributed by atoms with Crippen molar-refractivity contribution in [2.24, 2.45) is 5.92 Å². The van der Waals surface area contributed by atoms with Crippen molar-refractivity contribution in [1.29, 1.82) is 0 Å². The average Bonchev–Trinajstić information content (AvgIpc) is 2.49. The Morgan fingerprint density at radius 1 is 1.43 bits per heavy atom. The summed E-state index contributed by atoms with van der Waals surface area (Å²) in [6.45, 7) is 5.96. The molecular weight excluding hydrogens is 266 g/mol. The van der Waals surface area contributed by atoms with Crippen molar-refractivity contribution in [3.05, 3.63) is 42.0 Å². The third kappa shape index (κ3) is 4.60. The topological polar surface area (TPSA) is 49.8 Å². The third-order valence-electron chi connectivity index (χ3n) is 4.08. The molecule has 1 aliphatic rings. The maximum absolute atomic E-state index is 10.8. The molecule has 4 heteroatoms. The zero-order valence-electron chi connectivity index (χ0n) is 12.5. The number of carboxylic acids is 1. The van der Waals surface area contributed by atoms with Gasteiger partial charge < -0.3 is 9.84 Å². The van der Waals surface area contributed by atoms with Gasteiger partial charge in [-0.05, 0) is 56.0 Å². The van der Waals surface area contributed by atoms with Crippen molar-refractivity contribution in [2.75, 3.05) is 26.7 Å². The smallest absolute Gasteiger partial charge is 0.332 e. The zero-order chi connectivity index (χ0) is 15.2. The number of rotatable bonds is 6. The van der Waals surface area contributed by atoms with E-state index in [0.717, 1.165) is 38.1 Å². The predicted molar refractivity (Wildman–Crippen MR) is 82.6 cm³/mol. The number of carboxylic acid groups (broad SMARTS) is 1. The summed E-state index contributed by atoms with van der Waals surface area (Å²) in [7, 11) is 1.69. The maximum Gasteiger partial charge on any atom is 0.332 e. The summed E-state index contributed by atoms with van der Waals surface area (Å²) in [5, 5.41) is 8.87. The molecule has 0 unspecified atom stereocenters. The van der Waals surface area contributed by atoms with Gasteiger partial charge in [0.15, 0.2) is 0 Å². The van der Waals surface area contributed by atoms with Crippen LogP contribution in [0, 0.1) is 5.92 Å². The molecule has 4 nitrogen and oxygen atoms in total. The number of likely N-dealkylation sites (tertiary alicyclic amines) is 1. The van der Waals surface area contributed by atoms with Crippen LogP contribution in [0.15, 0.2) is 36.4 Å². The van der Waals surface area contributed by atoms with Gasteiger partial charge in [0.25, 0.3) is 0 Å². The number of hydrogen-bond donors (Lipinski definition) is 1. The van der Waals surface area contributed by atoms with Gasteiger partial charge >= 0.3 is 5.97 Å². The van der Waals surface area contributed by atoms with E-state index in [-0.39, 0.29) is 5.57 Å². The number of hydrogen-bond acceptors (Lipinski definition) is 3. The highest BCUT2D eigenvalue weighted by molar-refractivity contribution is 5.86. The number of nitrogens with zero attached hydrogens (tertiary/aromatic N) is 1. The van der Waals surface area contributed by atoms with Gasteiger partial charge in [-0.1, -0.05) is 18.7 Å². The zero-order valence-corrected chi connectivity index (χ0v) is 12.5. The lowest BCUT2D eigenvalue weighted by Gasteiger charge is -2.32. The van der Waals surface area contributed by atoms with E-state index >= 15 is 0 Å². The summed E-state index contributed by atoms with van der Waals surface area (Å²) in [5.74, 6) is 0.669. The summed E-state index contributed by atoms with van der Waals surface area (Å²) < 4.78 is 5.25. The van der Waals surface area contributed by atoms with E-state index < -0.39 is 5.97 Å². The Balaban J connectivity index is 1.81. The van der Waals surface area contributed by atoms with Crippen LogP contribution in [0.4, 0.5) is 0 Å². The Morgan fingerprint density at radius 2 is 2.14 bits per heavy atom. The first-order valence-electron chi connectivity index (χ1n) is 7.35. The van der Waals surface area contributed by atoms with Crippen molar-refractivity contribution in [3.63, 3.8) is 0 Å². The highest BCUT2D eigenvalue weighted by Crippen LogP contribution is 2.23. The molecule has 1 N–H and O–H groups in total. The number of carbonyl (C=O) groups is 1. The van der Waals surface area contributed by atoms with E-state index in [1.165, 1.54) is 5.56 Å². The molecule has 1 aromatic carbocycles. The normalized spacial score (nSPS) is 16.6. The lowest BCUT2D eigenvalue weighted by atomic mass is 9.90. The number of methoxy groups -OCH3 is 1. The molecule has 0 saturated carbocycles. The Hall–Kier alpha value is -1.81. The van der Waals surface area contributed by atoms with Gasteiger partial charge in [0.05, 0.1) is 7.11 Å². The van der Waals surface area contributed by atoms with Gasteiger partial charge in [0, 0.05) is 12.1 Å². The molecule has 0 aliphatic carbocycles. The molecule has 21 heavy (non-hydrogen) atoms. The molecule has 0 bridgehead atoms. The molecule has 1 saturated heterocycles. The van der Waals surface area contributed by atoms with Gasteiger partial charge in [0.2, 0.25) is 0 Å². The molecule has 0 aromatic heterocycles. The average molecular weight is 289 g/mol. The summed E-state index contributed by atoms with van der Waals surface area (Å²) in [6, 6.07) is 8.23. The molecule has 0 amide bonds. The second-order valence-electron chi connectivity index (χ2n) is 5.68. The second-order valence-corrected chi connectivity index (χ2v) is 5.68. The second kappa shape index (κ2) is 7.27. The van der Waals surface area contributed by atoms with Gasteiger partial charge in [-0.25, -0.2) is 4.79 Å². The SMILES string of the molecule is C=C(CN1CCC(Cc2cccc(OC)c2)CC1)C(=O)O. The monoisotopic (exact) mass is 289 g/mol. The molecule has 0 atom stereocenters. The van der Waals surface area contributed by atoms with Crippen LogP contribution in [0.5, 0.6) is 5.75 Å². The van der Waals surface area contributed by atoms with Crippen LogP contribution in [0.2, 0.25) is 0 Å². The first kappa shape index (κ1) is 15.6. The van der Waals surface area contributed by atoms with E-state index in [2.05, 4.69) is 23.6 Å². The van der Waals surface area contributed by atoms with Crippen LogP contribution in [0.3, 0.4) is 0 Å². The number of benzene rings is 1. The van der Waals surface area contributed by atoms with Crippen molar-refractivity contribution in [1.82, 2.24) is 4.90 Å². The first-order chi connectivity index (χ1) is 10.1. The van der Waals surface area contributed by atoms with Crippen molar-refractivity contribution in [3.8, 4) is 5.75 Å². The Kier molecular flexibility index (Phi) is 5.39. The Morgan fingerprint density at radius 3 is 2.76 bits per heavy atom. The third-order valence-corrected chi connectivity index (χ3v) is 4.08. The number of ether oxygens (including phenoxy) is 1. The predicted octanol–water partition coefficient (Wildman–Crippen LogP) is 2.59. The minimum absolute atomic E-state index is 0.279. The summed E-state index contributed by atoms with van der Waals surface area (Å²) in [5.41, 5.74) is 1.59. The fraction of sp³-hybridized carbons (Fsp3) is 0.471. The largest absolute Gasteiger partial charge is 0.497 e. The van der Waals surface area contributed by atoms with E-state index in [9.17, 15) is 4.79 Å². The highest BCUT2D eigenvalue weighted by Gasteiger charge is 2.21. The minimum Gasteiger partial charge on any atom is -0.497 e. The van der Waals surface area contributed by atoms with Crippen LogP contribution in [-0.4, -0.2) is 42.7 Å². The number of aliphatic carboxylic acids is 1. The van der Waals surface area contributed by atoms with Crippen LogP contribution in [0.1, 0.15) is 18.4 Å². The van der Waals surface area contributed by atoms with Gasteiger partial charge in [-0.2, -0.15) is 0 Å². The van der Waals surface area contributed by atoms with Crippen LogP contribution in [-0.2, 0) is 11.2 Å². The quantitative estimate of drug-likeness (QED) is 0.818. The highest BCUT2D eigenvalue weighted by atomic mass is 16.5. The van der Waals surface area contributed by atoms with E-state index in [1.54, 1.807) is 7.11 Å². The van der Waals surface area contributed by atoms with E-state index in [4.69, 9.17) is 9.84 Å². The summed E-state index contributed by atoms with van der Waals surface area (Å²) in [4.78, 5) is 13.0. The first-order valence-corrected chi connectivity index (χ1v) is 7.35. The van der Waals surface area contributed by atoms with Gasteiger partial charge in [-0.15, -0.1) is 0 Å². The Labute approximate surface area is 126 Å². The molecule has 114 valence electrons. The maximum atomic E-state index is 10.8. The van der Waals surface area contributed by atoms with Gasteiger partial charge in [-0.3, -0.25) is 4.90 Å². The molecule has 1 aliphatic heterocycles. The van der Waals surface area contributed by atoms with Gasteiger partial charge in [0.1, 0.15) is 5.75 Å². The molecule has 0 spiro atoms. The van der Waals surface area contributed by atoms with Crippen molar-refractivity contribution >= 4 is 5.97 Å². The van der Waals surface area contributed by atoms with Crippen molar-refractivity contribution in [2.45, 2.75) is 19.3 Å². The van der Waals surface area contributed by atoms with E-state index in [0.29, 0.717) is 12.5 Å². The fourth-order valence-corrected chi connectivity index (χ4v) is 2.82. The molecule has 2 rings (SSSR count). The number of piperidine rings is 1. The molecule has 1 heterocycles. The fourth-order valence-electron chi connectivity index (χ4n) is 2.82. The van der Waals surface area contributed by atoms with Crippen LogP contribution < -0.4 is 4.74 Å². The molecule has 1 fully saturated rings. The Bertz CT molecular complexity index is 505. The standard InChI is InChI=1S/C17H23NO3/c1-13(17(19)20)12-18-8-6-14(7-9-18)10-15-4-3-5-16(11-15)21-2/h3-5,11,14H,1,6-10,12H2,2H3,(H,19,20). The molecular formula is C17H23NO3. The minimum atomic E-state index is -0.895. The summed E-state index contributed by atoms with van der Waals surface area (Å²) >= 11 is 0. The lowest BCUT2D eigenvalue weighted by Crippen LogP contribution is -2.36. The van der Waals surface area contributed by atoms with Crippen LogP contribution >= 0.6 is 0 Å². The van der Waals surface area contributed by atoms with E-state index in [1.807, 2.05) is 12.1 Å².